The van der Waals surface area contributed by atoms with Gasteiger partial charge in [-0.2, -0.15) is 0 Å². The van der Waals surface area contributed by atoms with E-state index in [1.165, 1.54) is 5.56 Å². The molecule has 1 aliphatic rings. The molecule has 0 spiro atoms. The van der Waals surface area contributed by atoms with Crippen LogP contribution >= 0.6 is 9.39 Å². The predicted octanol–water partition coefficient (Wildman–Crippen LogP) is 2.49. The lowest BCUT2D eigenvalue weighted by Crippen LogP contribution is -2.20. The average Bonchev–Trinajstić information content (AvgIpc) is 2.40. The van der Waals surface area contributed by atoms with Crippen molar-refractivity contribution in [1.29, 1.82) is 0 Å². The fourth-order valence-corrected chi connectivity index (χ4v) is 2.52. The number of hydrogen-bond acceptors (Lipinski definition) is 2. The summed E-state index contributed by atoms with van der Waals surface area (Å²) in [6.45, 7) is 5.13. The normalized spacial score (nSPS) is 28.7. The Morgan fingerprint density at radius 3 is 2.80 bits per heavy atom. The summed E-state index contributed by atoms with van der Waals surface area (Å²) in [5, 5.41) is 0. The van der Waals surface area contributed by atoms with E-state index in [1.807, 2.05) is 6.07 Å². The zero-order valence-electron chi connectivity index (χ0n) is 9.10. The molecule has 3 unspecified atom stereocenters. The number of nitrogens with zero attached hydrogens (tertiary/aromatic N) is 1. The number of ether oxygens (including phenoxy) is 1. The van der Waals surface area contributed by atoms with Crippen LogP contribution in [-0.2, 0) is 4.74 Å². The summed E-state index contributed by atoms with van der Waals surface area (Å²) in [6, 6.07) is 10.5. The van der Waals surface area contributed by atoms with Gasteiger partial charge in [-0.15, -0.1) is 0 Å². The van der Waals surface area contributed by atoms with Crippen molar-refractivity contribution < 1.29 is 4.74 Å². The number of hydrogen-bond donors (Lipinski definition) is 0. The van der Waals surface area contributed by atoms with E-state index in [0.29, 0.717) is 5.92 Å². The van der Waals surface area contributed by atoms with Crippen LogP contribution in [-0.4, -0.2) is 24.4 Å². The molecule has 1 aliphatic heterocycles. The molecule has 3 heteroatoms. The quantitative estimate of drug-likeness (QED) is 0.678. The Labute approximate surface area is 93.9 Å². The maximum Gasteiger partial charge on any atom is 0.0863 e. The van der Waals surface area contributed by atoms with E-state index in [-0.39, 0.29) is 6.10 Å². The van der Waals surface area contributed by atoms with Crippen molar-refractivity contribution in [3.8, 4) is 0 Å². The van der Waals surface area contributed by atoms with E-state index in [1.54, 1.807) is 0 Å². The minimum atomic E-state index is 0.247. The van der Waals surface area contributed by atoms with E-state index in [2.05, 4.69) is 45.3 Å². The number of benzene rings is 1. The Morgan fingerprint density at radius 2 is 2.07 bits per heavy atom. The van der Waals surface area contributed by atoms with Gasteiger partial charge in [0, 0.05) is 13.1 Å². The van der Waals surface area contributed by atoms with Crippen LogP contribution < -0.4 is 0 Å². The fourth-order valence-electron chi connectivity index (χ4n) is 2.09. The van der Waals surface area contributed by atoms with E-state index < -0.39 is 0 Å². The predicted molar refractivity (Wildman–Crippen MR) is 65.6 cm³/mol. The Bertz CT molecular complexity index is 304. The lowest BCUT2D eigenvalue weighted by molar-refractivity contribution is 0.0360. The lowest BCUT2D eigenvalue weighted by Gasteiger charge is -2.22. The summed E-state index contributed by atoms with van der Waals surface area (Å²) < 4.78 is 8.17. The molecule has 1 aromatic carbocycles. The van der Waals surface area contributed by atoms with Gasteiger partial charge >= 0.3 is 0 Å². The lowest BCUT2D eigenvalue weighted by atomic mass is 9.97. The minimum Gasteiger partial charge on any atom is -0.372 e. The molecule has 15 heavy (non-hydrogen) atoms. The van der Waals surface area contributed by atoms with Crippen molar-refractivity contribution >= 4 is 9.39 Å². The van der Waals surface area contributed by atoms with E-state index in [9.17, 15) is 0 Å². The van der Waals surface area contributed by atoms with Crippen LogP contribution in [0.25, 0.3) is 0 Å². The molecule has 0 radical (unpaired) electrons. The fraction of sp³-hybridized carbons (Fsp3) is 0.500. The van der Waals surface area contributed by atoms with Crippen LogP contribution in [0.2, 0.25) is 0 Å². The molecule has 82 valence electrons. The first-order valence-electron chi connectivity index (χ1n) is 5.43. The molecule has 1 fully saturated rings. The van der Waals surface area contributed by atoms with Gasteiger partial charge in [-0.3, -0.25) is 4.67 Å². The van der Waals surface area contributed by atoms with Gasteiger partial charge < -0.3 is 4.74 Å². The summed E-state index contributed by atoms with van der Waals surface area (Å²) in [6.07, 6.45) is 0.247. The zero-order valence-corrected chi connectivity index (χ0v) is 10.3. The Balaban J connectivity index is 2.14. The molecule has 0 aliphatic carbocycles. The van der Waals surface area contributed by atoms with Gasteiger partial charge in [-0.05, 0) is 11.5 Å². The second-order valence-corrected chi connectivity index (χ2v) is 4.90. The molecule has 0 saturated carbocycles. The van der Waals surface area contributed by atoms with Crippen molar-refractivity contribution in [3.05, 3.63) is 35.9 Å². The third-order valence-corrected chi connectivity index (χ3v) is 3.31. The van der Waals surface area contributed by atoms with Crippen LogP contribution in [0.5, 0.6) is 0 Å². The minimum absolute atomic E-state index is 0.247. The molecule has 3 atom stereocenters. The first-order valence-corrected chi connectivity index (χ1v) is 5.95. The first kappa shape index (κ1) is 11.1. The van der Waals surface area contributed by atoms with Crippen molar-refractivity contribution in [2.24, 2.45) is 5.92 Å². The molecule has 1 heterocycles. The van der Waals surface area contributed by atoms with Gasteiger partial charge in [-0.25, -0.2) is 0 Å². The Hall–Kier alpha value is -0.430. The molecule has 0 amide bonds. The molecular formula is C12H18NOP. The number of rotatable bonds is 1. The van der Waals surface area contributed by atoms with Gasteiger partial charge in [0.2, 0.25) is 0 Å². The summed E-state index contributed by atoms with van der Waals surface area (Å²) in [4.78, 5) is 0. The largest absolute Gasteiger partial charge is 0.372 e. The van der Waals surface area contributed by atoms with Crippen LogP contribution in [0, 0.1) is 5.92 Å². The monoisotopic (exact) mass is 223 g/mol. The molecule has 0 N–H and O–H groups in total. The van der Waals surface area contributed by atoms with Crippen LogP contribution in [0.15, 0.2) is 30.3 Å². The molecule has 2 rings (SSSR count). The summed E-state index contributed by atoms with van der Waals surface area (Å²) >= 11 is 0. The van der Waals surface area contributed by atoms with Gasteiger partial charge in [0.1, 0.15) is 0 Å². The SMILES string of the molecule is CC1CN(P)CCOC1c1ccccc1. The third-order valence-electron chi connectivity index (χ3n) is 2.84. The van der Waals surface area contributed by atoms with Gasteiger partial charge in [0.15, 0.2) is 0 Å². The summed E-state index contributed by atoms with van der Waals surface area (Å²) in [5.74, 6) is 0.535. The van der Waals surface area contributed by atoms with Crippen molar-refractivity contribution in [1.82, 2.24) is 4.67 Å². The second-order valence-electron chi connectivity index (χ2n) is 4.17. The van der Waals surface area contributed by atoms with Gasteiger partial charge in [0.25, 0.3) is 0 Å². The highest BCUT2D eigenvalue weighted by molar-refractivity contribution is 7.13. The summed E-state index contributed by atoms with van der Waals surface area (Å²) in [7, 11) is 2.77. The van der Waals surface area contributed by atoms with E-state index in [0.717, 1.165) is 19.7 Å². The highest BCUT2D eigenvalue weighted by atomic mass is 31.0. The van der Waals surface area contributed by atoms with Crippen molar-refractivity contribution in [2.75, 3.05) is 19.7 Å². The van der Waals surface area contributed by atoms with Crippen LogP contribution in [0.1, 0.15) is 18.6 Å². The highest BCUT2D eigenvalue weighted by Crippen LogP contribution is 2.29. The summed E-state index contributed by atoms with van der Waals surface area (Å²) in [5.41, 5.74) is 1.30. The maximum atomic E-state index is 5.92. The molecule has 0 aromatic heterocycles. The third kappa shape index (κ3) is 2.78. The van der Waals surface area contributed by atoms with Gasteiger partial charge in [0.05, 0.1) is 12.7 Å². The van der Waals surface area contributed by atoms with E-state index >= 15 is 0 Å². The Morgan fingerprint density at radius 1 is 1.33 bits per heavy atom. The molecule has 0 bridgehead atoms. The maximum absolute atomic E-state index is 5.92. The first-order chi connectivity index (χ1) is 7.27. The van der Waals surface area contributed by atoms with Gasteiger partial charge in [-0.1, -0.05) is 46.6 Å². The molecule has 1 saturated heterocycles. The molecular weight excluding hydrogens is 205 g/mol. The van der Waals surface area contributed by atoms with E-state index in [4.69, 9.17) is 4.74 Å². The second kappa shape index (κ2) is 5.07. The standard InChI is InChI=1S/C12H18NOP/c1-10-9-13(15)7-8-14-12(10)11-5-3-2-4-6-11/h2-6,10,12H,7-9,15H2,1H3. The highest BCUT2D eigenvalue weighted by Gasteiger charge is 2.24. The Kier molecular flexibility index (Phi) is 3.74. The zero-order chi connectivity index (χ0) is 10.7. The molecule has 1 aromatic rings. The van der Waals surface area contributed by atoms with Crippen LogP contribution in [0.3, 0.4) is 0 Å². The molecule has 2 nitrogen and oxygen atoms in total. The topological polar surface area (TPSA) is 12.5 Å². The van der Waals surface area contributed by atoms with Crippen molar-refractivity contribution in [3.63, 3.8) is 0 Å². The van der Waals surface area contributed by atoms with Crippen molar-refractivity contribution in [2.45, 2.75) is 13.0 Å². The average molecular weight is 223 g/mol. The van der Waals surface area contributed by atoms with Crippen LogP contribution in [0.4, 0.5) is 0 Å². The smallest absolute Gasteiger partial charge is 0.0863 e.